The lowest BCUT2D eigenvalue weighted by molar-refractivity contribution is -0.124. The number of hydrogen-bond acceptors (Lipinski definition) is 5. The van der Waals surface area contributed by atoms with E-state index in [-0.39, 0.29) is 25.7 Å². The van der Waals surface area contributed by atoms with Gasteiger partial charge >= 0.3 is 5.76 Å². The molecule has 1 aliphatic carbocycles. The van der Waals surface area contributed by atoms with Gasteiger partial charge in [0.25, 0.3) is 0 Å². The van der Waals surface area contributed by atoms with Gasteiger partial charge < -0.3 is 19.6 Å². The van der Waals surface area contributed by atoms with Crippen LogP contribution in [-0.2, 0) is 16.1 Å². The molecule has 0 aliphatic heterocycles. The molecule has 2 N–H and O–H groups in total. The predicted molar refractivity (Wildman–Crippen MR) is 87.7 cm³/mol. The third-order valence-corrected chi connectivity index (χ3v) is 4.50. The number of oxazole rings is 1. The summed E-state index contributed by atoms with van der Waals surface area (Å²) in [6, 6.07) is 7.01. The van der Waals surface area contributed by atoms with Crippen LogP contribution in [0.2, 0.25) is 0 Å². The summed E-state index contributed by atoms with van der Waals surface area (Å²) >= 11 is 0. The van der Waals surface area contributed by atoms with Gasteiger partial charge in [-0.05, 0) is 25.0 Å². The van der Waals surface area contributed by atoms with Crippen LogP contribution in [-0.4, -0.2) is 40.9 Å². The topological polar surface area (TPSA) is 93.7 Å². The molecule has 1 aromatic carbocycles. The summed E-state index contributed by atoms with van der Waals surface area (Å²) < 4.78 is 12.2. The van der Waals surface area contributed by atoms with Crippen LogP contribution in [0.5, 0.6) is 0 Å². The van der Waals surface area contributed by atoms with Crippen LogP contribution >= 0.6 is 0 Å². The Morgan fingerprint density at radius 3 is 2.83 bits per heavy atom. The van der Waals surface area contributed by atoms with Crippen LogP contribution < -0.4 is 11.1 Å². The third-order valence-electron chi connectivity index (χ3n) is 4.50. The smallest absolute Gasteiger partial charge is 0.408 e. The van der Waals surface area contributed by atoms with E-state index in [9.17, 15) is 9.59 Å². The van der Waals surface area contributed by atoms with Crippen LogP contribution in [0.1, 0.15) is 25.7 Å². The monoisotopic (exact) mass is 334 g/mol. The van der Waals surface area contributed by atoms with Gasteiger partial charge in [-0.25, -0.2) is 4.79 Å². The van der Waals surface area contributed by atoms with Crippen molar-refractivity contribution in [2.24, 2.45) is 0 Å². The van der Waals surface area contributed by atoms with Crippen LogP contribution in [0.15, 0.2) is 33.5 Å². The summed E-state index contributed by atoms with van der Waals surface area (Å²) in [5, 5.41) is 11.8. The zero-order valence-electron chi connectivity index (χ0n) is 13.5. The Labute approximate surface area is 139 Å². The number of carbonyl (C=O) groups excluding carboxylic acids is 1. The van der Waals surface area contributed by atoms with Gasteiger partial charge in [0.1, 0.15) is 6.54 Å². The van der Waals surface area contributed by atoms with E-state index in [1.165, 1.54) is 4.57 Å². The van der Waals surface area contributed by atoms with Crippen LogP contribution in [0, 0.1) is 0 Å². The van der Waals surface area contributed by atoms with Gasteiger partial charge in [0, 0.05) is 6.54 Å². The van der Waals surface area contributed by atoms with E-state index in [1.807, 2.05) is 0 Å². The van der Waals surface area contributed by atoms with Crippen molar-refractivity contribution in [3.05, 3.63) is 34.8 Å². The van der Waals surface area contributed by atoms with E-state index in [2.05, 4.69) is 5.32 Å². The molecule has 0 radical (unpaired) electrons. The molecule has 0 unspecified atom stereocenters. The number of aromatic nitrogens is 1. The molecule has 1 fully saturated rings. The van der Waals surface area contributed by atoms with Crippen molar-refractivity contribution >= 4 is 17.0 Å². The maximum atomic E-state index is 12.3. The minimum Gasteiger partial charge on any atom is -0.408 e. The first-order valence-electron chi connectivity index (χ1n) is 8.23. The van der Waals surface area contributed by atoms with E-state index < -0.39 is 11.4 Å². The Kier molecular flexibility index (Phi) is 5.01. The van der Waals surface area contributed by atoms with Gasteiger partial charge in [-0.1, -0.05) is 25.0 Å². The van der Waals surface area contributed by atoms with E-state index in [4.69, 9.17) is 14.3 Å². The molecule has 3 rings (SSSR count). The fourth-order valence-electron chi connectivity index (χ4n) is 3.28. The molecule has 1 aromatic heterocycles. The van der Waals surface area contributed by atoms with Crippen molar-refractivity contribution in [3.8, 4) is 0 Å². The van der Waals surface area contributed by atoms with Crippen molar-refractivity contribution in [2.75, 3.05) is 19.8 Å². The van der Waals surface area contributed by atoms with Crippen molar-refractivity contribution in [1.29, 1.82) is 0 Å². The maximum Gasteiger partial charge on any atom is 0.420 e. The van der Waals surface area contributed by atoms with Gasteiger partial charge in [-0.15, -0.1) is 0 Å². The highest BCUT2D eigenvalue weighted by Crippen LogP contribution is 2.32. The number of ether oxygens (including phenoxy) is 1. The van der Waals surface area contributed by atoms with E-state index >= 15 is 0 Å². The van der Waals surface area contributed by atoms with Crippen LogP contribution in [0.25, 0.3) is 11.1 Å². The second-order valence-electron chi connectivity index (χ2n) is 6.16. The highest BCUT2D eigenvalue weighted by atomic mass is 16.5. The van der Waals surface area contributed by atoms with Crippen LogP contribution in [0.4, 0.5) is 0 Å². The Hall–Kier alpha value is -2.12. The molecule has 0 atom stereocenters. The number of nitrogens with one attached hydrogen (secondary N) is 1. The number of carbonyl (C=O) groups is 1. The number of para-hydroxylation sites is 2. The Bertz CT molecular complexity index is 758. The number of fused-ring (bicyclic) bond motifs is 1. The lowest BCUT2D eigenvalue weighted by atomic mass is 10.0. The molecule has 130 valence electrons. The fraction of sp³-hybridized carbons (Fsp3) is 0.529. The molecule has 7 heteroatoms. The molecule has 1 saturated carbocycles. The molecule has 0 saturated heterocycles. The maximum absolute atomic E-state index is 12.3. The second kappa shape index (κ2) is 7.19. The second-order valence-corrected chi connectivity index (χ2v) is 6.16. The quantitative estimate of drug-likeness (QED) is 0.789. The lowest BCUT2D eigenvalue weighted by Gasteiger charge is -2.29. The molecule has 24 heavy (non-hydrogen) atoms. The average Bonchev–Trinajstić information content (AvgIpc) is 3.17. The summed E-state index contributed by atoms with van der Waals surface area (Å²) in [6.07, 6.45) is 3.82. The van der Waals surface area contributed by atoms with Gasteiger partial charge in [0.2, 0.25) is 5.91 Å². The predicted octanol–water partition coefficient (Wildman–Crippen LogP) is 1.03. The lowest BCUT2D eigenvalue weighted by Crippen LogP contribution is -2.44. The zero-order chi connectivity index (χ0) is 17.0. The Balaban J connectivity index is 1.64. The number of aliphatic hydroxyl groups is 1. The summed E-state index contributed by atoms with van der Waals surface area (Å²) in [6.45, 7) is 0.524. The minimum absolute atomic E-state index is 0.0356. The Morgan fingerprint density at radius 1 is 1.33 bits per heavy atom. The summed E-state index contributed by atoms with van der Waals surface area (Å²) in [4.78, 5) is 24.2. The van der Waals surface area contributed by atoms with E-state index in [0.29, 0.717) is 17.6 Å². The van der Waals surface area contributed by atoms with Crippen molar-refractivity contribution < 1.29 is 19.1 Å². The van der Waals surface area contributed by atoms with E-state index in [1.54, 1.807) is 24.3 Å². The molecular formula is C17H22N2O5. The SMILES string of the molecule is O=C(Cn1c(=O)oc2ccccc21)NCC1(OCCO)CCCC1. The normalized spacial score (nSPS) is 16.5. The Morgan fingerprint density at radius 2 is 2.08 bits per heavy atom. The molecular weight excluding hydrogens is 312 g/mol. The van der Waals surface area contributed by atoms with Gasteiger partial charge in [0.05, 0.1) is 24.3 Å². The van der Waals surface area contributed by atoms with Crippen molar-refractivity contribution in [2.45, 2.75) is 37.8 Å². The number of amides is 1. The third kappa shape index (κ3) is 3.52. The first-order valence-corrected chi connectivity index (χ1v) is 8.23. The molecule has 1 heterocycles. The van der Waals surface area contributed by atoms with Gasteiger partial charge in [-0.2, -0.15) is 0 Å². The standard InChI is InChI=1S/C17H22N2O5/c20-9-10-23-17(7-3-4-8-17)12-18-15(21)11-19-13-5-1-2-6-14(13)24-16(19)22/h1-2,5-6,20H,3-4,7-12H2,(H,18,21). The van der Waals surface area contributed by atoms with Gasteiger partial charge in [-0.3, -0.25) is 9.36 Å². The number of benzene rings is 1. The molecule has 1 aliphatic rings. The van der Waals surface area contributed by atoms with E-state index in [0.717, 1.165) is 25.7 Å². The molecule has 1 amide bonds. The minimum atomic E-state index is -0.543. The fourth-order valence-corrected chi connectivity index (χ4v) is 3.28. The summed E-state index contributed by atoms with van der Waals surface area (Å²) in [7, 11) is 0. The molecule has 0 spiro atoms. The van der Waals surface area contributed by atoms with Crippen molar-refractivity contribution in [1.82, 2.24) is 9.88 Å². The molecule has 0 bridgehead atoms. The highest BCUT2D eigenvalue weighted by molar-refractivity contribution is 5.79. The number of aliphatic hydroxyl groups excluding tert-OH is 1. The highest BCUT2D eigenvalue weighted by Gasteiger charge is 2.35. The number of rotatable bonds is 7. The summed E-state index contributed by atoms with van der Waals surface area (Å²) in [5.74, 6) is -0.805. The van der Waals surface area contributed by atoms with Crippen molar-refractivity contribution in [3.63, 3.8) is 0 Å². The summed E-state index contributed by atoms with van der Waals surface area (Å²) in [5.41, 5.74) is 0.667. The average molecular weight is 334 g/mol. The number of nitrogens with zero attached hydrogens (tertiary/aromatic N) is 1. The zero-order valence-corrected chi connectivity index (χ0v) is 13.5. The molecule has 2 aromatic rings. The van der Waals surface area contributed by atoms with Crippen LogP contribution in [0.3, 0.4) is 0 Å². The van der Waals surface area contributed by atoms with Gasteiger partial charge in [0.15, 0.2) is 5.58 Å². The first-order chi connectivity index (χ1) is 11.6. The largest absolute Gasteiger partial charge is 0.420 e. The molecule has 7 nitrogen and oxygen atoms in total. The number of hydrogen-bond donors (Lipinski definition) is 2. The first kappa shape index (κ1) is 16.7.